The highest BCUT2D eigenvalue weighted by atomic mass is 16.5. The van der Waals surface area contributed by atoms with Gasteiger partial charge in [0.05, 0.1) is 18.5 Å². The number of ether oxygens (including phenoxy) is 1. The topological polar surface area (TPSA) is 70.1 Å². The van der Waals surface area contributed by atoms with Crippen LogP contribution in [0.3, 0.4) is 0 Å². The van der Waals surface area contributed by atoms with E-state index < -0.39 is 0 Å². The molecule has 4 heterocycles. The lowest BCUT2D eigenvalue weighted by molar-refractivity contribution is 0.397. The Morgan fingerprint density at radius 1 is 1.07 bits per heavy atom. The first-order valence-electron chi connectivity index (χ1n) is 9.42. The fourth-order valence-electron chi connectivity index (χ4n) is 3.94. The molecule has 28 heavy (non-hydrogen) atoms. The van der Waals surface area contributed by atoms with Gasteiger partial charge >= 0.3 is 0 Å². The molecule has 1 fully saturated rings. The van der Waals surface area contributed by atoms with Gasteiger partial charge in [0.1, 0.15) is 5.69 Å². The van der Waals surface area contributed by atoms with Crippen molar-refractivity contribution in [3.8, 4) is 17.3 Å². The van der Waals surface area contributed by atoms with Crippen molar-refractivity contribution in [1.82, 2.24) is 29.4 Å². The van der Waals surface area contributed by atoms with Gasteiger partial charge < -0.3 is 4.74 Å². The Labute approximate surface area is 163 Å². The second kappa shape index (κ2) is 6.15. The van der Waals surface area contributed by atoms with Crippen molar-refractivity contribution in [1.29, 1.82) is 0 Å². The number of rotatable bonds is 4. The lowest BCUT2D eigenvalue weighted by Gasteiger charge is -2.01. The Morgan fingerprint density at radius 2 is 1.93 bits per heavy atom. The van der Waals surface area contributed by atoms with Crippen LogP contribution >= 0.6 is 0 Å². The van der Waals surface area contributed by atoms with E-state index >= 15 is 0 Å². The molecule has 1 aliphatic carbocycles. The molecule has 1 saturated carbocycles. The summed E-state index contributed by atoms with van der Waals surface area (Å²) in [7, 11) is 3.61. The minimum absolute atomic E-state index is 0.425. The molecule has 2 atom stereocenters. The fraction of sp³-hybridized carbons (Fsp3) is 0.333. The van der Waals surface area contributed by atoms with Gasteiger partial charge in [0.15, 0.2) is 5.65 Å². The minimum atomic E-state index is 0.425. The molecule has 0 saturated heterocycles. The van der Waals surface area contributed by atoms with Gasteiger partial charge in [0.2, 0.25) is 5.88 Å². The molecule has 7 nitrogen and oxygen atoms in total. The second-order valence-corrected chi connectivity index (χ2v) is 7.50. The molecule has 0 N–H and O–H groups in total. The van der Waals surface area contributed by atoms with Gasteiger partial charge in [-0.25, -0.2) is 14.5 Å². The molecule has 0 bridgehead atoms. The standard InChI is InChI=1S/C21H22N6O/c1-12-7-13(2)27-20(23-12)10-18(25-27)19-9-17(24-26(19)3)16-8-15(16)14-5-6-21(28-4)22-11-14/h5-7,9-11,15-16H,8H2,1-4H3. The van der Waals surface area contributed by atoms with Crippen LogP contribution in [0.5, 0.6) is 5.88 Å². The number of pyridine rings is 1. The molecule has 4 aromatic heterocycles. The van der Waals surface area contributed by atoms with E-state index in [0.717, 1.165) is 40.5 Å². The largest absolute Gasteiger partial charge is 0.481 e. The number of fused-ring (bicyclic) bond motifs is 1. The predicted octanol–water partition coefficient (Wildman–Crippen LogP) is 3.42. The Bertz CT molecular complexity index is 1170. The summed E-state index contributed by atoms with van der Waals surface area (Å²) in [6, 6.07) is 10.2. The van der Waals surface area contributed by atoms with Crippen LogP contribution in [0.25, 0.3) is 17.0 Å². The zero-order valence-corrected chi connectivity index (χ0v) is 16.4. The van der Waals surface area contributed by atoms with Crippen LogP contribution in [0, 0.1) is 13.8 Å². The van der Waals surface area contributed by atoms with E-state index in [9.17, 15) is 0 Å². The number of hydrogen-bond donors (Lipinski definition) is 0. The summed E-state index contributed by atoms with van der Waals surface area (Å²) in [5, 5.41) is 9.51. The van der Waals surface area contributed by atoms with E-state index in [1.807, 2.05) is 54.5 Å². The highest BCUT2D eigenvalue weighted by Crippen LogP contribution is 2.54. The van der Waals surface area contributed by atoms with E-state index in [0.29, 0.717) is 17.7 Å². The Balaban J connectivity index is 1.44. The van der Waals surface area contributed by atoms with Crippen molar-refractivity contribution in [3.63, 3.8) is 0 Å². The third-order valence-electron chi connectivity index (χ3n) is 5.46. The van der Waals surface area contributed by atoms with E-state index in [4.69, 9.17) is 14.9 Å². The van der Waals surface area contributed by atoms with Crippen LogP contribution in [0.15, 0.2) is 36.5 Å². The van der Waals surface area contributed by atoms with Gasteiger partial charge in [-0.15, -0.1) is 0 Å². The molecule has 1 aliphatic rings. The number of aryl methyl sites for hydroxylation is 3. The zero-order chi connectivity index (χ0) is 19.4. The average Bonchev–Trinajstić information content (AvgIpc) is 3.21. The molecule has 7 heteroatoms. The smallest absolute Gasteiger partial charge is 0.212 e. The van der Waals surface area contributed by atoms with Crippen LogP contribution < -0.4 is 4.74 Å². The number of nitrogens with zero attached hydrogens (tertiary/aromatic N) is 6. The van der Waals surface area contributed by atoms with E-state index in [-0.39, 0.29) is 0 Å². The van der Waals surface area contributed by atoms with Crippen LogP contribution in [0.1, 0.15) is 40.9 Å². The lowest BCUT2D eigenvalue weighted by atomic mass is 10.1. The molecule has 142 valence electrons. The first-order chi connectivity index (χ1) is 13.5. The van der Waals surface area contributed by atoms with Crippen molar-refractivity contribution in [2.45, 2.75) is 32.1 Å². The van der Waals surface area contributed by atoms with Gasteiger partial charge in [0.25, 0.3) is 0 Å². The molecular weight excluding hydrogens is 352 g/mol. The predicted molar refractivity (Wildman–Crippen MR) is 106 cm³/mol. The normalized spacial score (nSPS) is 18.6. The maximum absolute atomic E-state index is 5.15. The summed E-state index contributed by atoms with van der Waals surface area (Å²) in [4.78, 5) is 8.91. The third kappa shape index (κ3) is 2.74. The van der Waals surface area contributed by atoms with Crippen molar-refractivity contribution >= 4 is 5.65 Å². The molecule has 0 spiro atoms. The van der Waals surface area contributed by atoms with Crippen molar-refractivity contribution in [3.05, 3.63) is 59.2 Å². The molecule has 2 unspecified atom stereocenters. The summed E-state index contributed by atoms with van der Waals surface area (Å²) >= 11 is 0. The molecule has 0 aromatic carbocycles. The molecule has 0 radical (unpaired) electrons. The van der Waals surface area contributed by atoms with Crippen molar-refractivity contribution in [2.24, 2.45) is 7.05 Å². The van der Waals surface area contributed by atoms with Crippen LogP contribution in [0.2, 0.25) is 0 Å². The Morgan fingerprint density at radius 3 is 2.68 bits per heavy atom. The first-order valence-corrected chi connectivity index (χ1v) is 9.42. The fourth-order valence-corrected chi connectivity index (χ4v) is 3.94. The van der Waals surface area contributed by atoms with E-state index in [2.05, 4.69) is 22.1 Å². The van der Waals surface area contributed by atoms with Gasteiger partial charge in [-0.3, -0.25) is 4.68 Å². The quantitative estimate of drug-likeness (QED) is 0.547. The second-order valence-electron chi connectivity index (χ2n) is 7.50. The summed E-state index contributed by atoms with van der Waals surface area (Å²) in [6.45, 7) is 4.05. The van der Waals surface area contributed by atoms with Crippen molar-refractivity contribution < 1.29 is 4.74 Å². The maximum Gasteiger partial charge on any atom is 0.212 e. The molecule has 5 rings (SSSR count). The Kier molecular flexibility index (Phi) is 3.72. The van der Waals surface area contributed by atoms with Gasteiger partial charge in [-0.1, -0.05) is 6.07 Å². The van der Waals surface area contributed by atoms with E-state index in [1.165, 1.54) is 5.56 Å². The van der Waals surface area contributed by atoms with E-state index in [1.54, 1.807) is 7.11 Å². The summed E-state index contributed by atoms with van der Waals surface area (Å²) in [5.41, 5.74) is 7.18. The van der Waals surface area contributed by atoms with Gasteiger partial charge in [0, 0.05) is 42.7 Å². The average molecular weight is 374 g/mol. The summed E-state index contributed by atoms with van der Waals surface area (Å²) < 4.78 is 8.95. The van der Waals surface area contributed by atoms with Crippen LogP contribution in [0.4, 0.5) is 0 Å². The minimum Gasteiger partial charge on any atom is -0.481 e. The molecular formula is C21H22N6O. The monoisotopic (exact) mass is 374 g/mol. The van der Waals surface area contributed by atoms with Crippen LogP contribution in [-0.4, -0.2) is 36.5 Å². The zero-order valence-electron chi connectivity index (χ0n) is 16.4. The highest BCUT2D eigenvalue weighted by Gasteiger charge is 2.41. The molecule has 4 aromatic rings. The lowest BCUT2D eigenvalue weighted by Crippen LogP contribution is -1.98. The summed E-state index contributed by atoms with van der Waals surface area (Å²) in [5.74, 6) is 1.54. The molecule has 0 amide bonds. The summed E-state index contributed by atoms with van der Waals surface area (Å²) in [6.07, 6.45) is 3.00. The highest BCUT2D eigenvalue weighted by molar-refractivity contribution is 5.62. The SMILES string of the molecule is COc1ccc(C2CC2c2cc(-c3cc4nc(C)cc(C)n4n3)n(C)n2)cn1. The van der Waals surface area contributed by atoms with Gasteiger partial charge in [-0.2, -0.15) is 10.2 Å². The first kappa shape index (κ1) is 16.9. The third-order valence-corrected chi connectivity index (χ3v) is 5.46. The number of aromatic nitrogens is 6. The number of methoxy groups -OCH3 is 1. The maximum atomic E-state index is 5.15. The Hall–Kier alpha value is -3.22. The molecule has 0 aliphatic heterocycles. The van der Waals surface area contributed by atoms with Crippen LogP contribution in [-0.2, 0) is 7.05 Å². The van der Waals surface area contributed by atoms with Gasteiger partial charge in [-0.05, 0) is 43.9 Å². The van der Waals surface area contributed by atoms with Crippen molar-refractivity contribution in [2.75, 3.05) is 7.11 Å². The number of hydrogen-bond acceptors (Lipinski definition) is 5.